The summed E-state index contributed by atoms with van der Waals surface area (Å²) >= 11 is 6.06. The van der Waals surface area contributed by atoms with Gasteiger partial charge in [-0.1, -0.05) is 63.6 Å². The molecule has 5 rings (SSSR count). The number of ketones is 1. The number of nitrogens with zero attached hydrogens (tertiary/aromatic N) is 3. The summed E-state index contributed by atoms with van der Waals surface area (Å²) in [5, 5.41) is 8.95. The van der Waals surface area contributed by atoms with Gasteiger partial charge in [0.05, 0.1) is 0 Å². The number of nitrogens with one attached hydrogen (secondary N) is 1. The maximum absolute atomic E-state index is 13.4. The smallest absolute Gasteiger partial charge is 0.226 e. The quantitative estimate of drug-likeness (QED) is 0.507. The lowest BCUT2D eigenvalue weighted by Gasteiger charge is -2.38. The molecule has 0 fully saturated rings. The van der Waals surface area contributed by atoms with Gasteiger partial charge in [0.1, 0.15) is 6.04 Å². The van der Waals surface area contributed by atoms with Crippen LogP contribution in [0.5, 0.6) is 0 Å². The Morgan fingerprint density at radius 2 is 1.75 bits per heavy atom. The van der Waals surface area contributed by atoms with Crippen LogP contribution in [-0.2, 0) is 4.79 Å². The molecule has 1 atom stereocenters. The van der Waals surface area contributed by atoms with Gasteiger partial charge in [0.15, 0.2) is 11.6 Å². The third-order valence-corrected chi connectivity index (χ3v) is 6.61. The predicted octanol–water partition coefficient (Wildman–Crippen LogP) is 6.38. The van der Waals surface area contributed by atoms with Crippen molar-refractivity contribution in [3.05, 3.63) is 76.0 Å². The van der Waals surface area contributed by atoms with E-state index in [1.807, 2.05) is 28.9 Å². The summed E-state index contributed by atoms with van der Waals surface area (Å²) in [5.41, 5.74) is 4.89. The molecule has 32 heavy (non-hydrogen) atoms. The lowest BCUT2D eigenvalue weighted by Crippen LogP contribution is -2.36. The summed E-state index contributed by atoms with van der Waals surface area (Å²) in [4.78, 5) is 18.1. The van der Waals surface area contributed by atoms with E-state index in [0.29, 0.717) is 29.1 Å². The number of fused-ring (bicyclic) bond motifs is 1. The minimum Gasteiger partial charge on any atom is -0.328 e. The van der Waals surface area contributed by atoms with Gasteiger partial charge in [-0.15, -0.1) is 5.10 Å². The molecule has 0 saturated heterocycles. The van der Waals surface area contributed by atoms with E-state index in [0.717, 1.165) is 28.8 Å². The first-order chi connectivity index (χ1) is 15.2. The van der Waals surface area contributed by atoms with Crippen molar-refractivity contribution in [3.63, 3.8) is 0 Å². The number of benzene rings is 2. The summed E-state index contributed by atoms with van der Waals surface area (Å²) in [6.45, 7) is 8.64. The van der Waals surface area contributed by atoms with Gasteiger partial charge in [0.2, 0.25) is 5.95 Å². The van der Waals surface area contributed by atoms with Crippen LogP contribution in [0, 0.1) is 5.41 Å². The van der Waals surface area contributed by atoms with E-state index in [9.17, 15) is 4.79 Å². The van der Waals surface area contributed by atoms with E-state index in [4.69, 9.17) is 21.7 Å². The average molecular weight is 447 g/mol. The van der Waals surface area contributed by atoms with Gasteiger partial charge < -0.3 is 5.32 Å². The van der Waals surface area contributed by atoms with Gasteiger partial charge in [-0.25, -0.2) is 4.68 Å². The van der Waals surface area contributed by atoms with Crippen molar-refractivity contribution in [1.82, 2.24) is 14.8 Å². The molecule has 0 amide bonds. The van der Waals surface area contributed by atoms with Gasteiger partial charge in [0, 0.05) is 28.3 Å². The first kappa shape index (κ1) is 21.0. The number of hydrogen-bond donors (Lipinski definition) is 1. The molecule has 0 radical (unpaired) electrons. The Morgan fingerprint density at radius 1 is 1.06 bits per heavy atom. The van der Waals surface area contributed by atoms with Gasteiger partial charge in [-0.2, -0.15) is 4.98 Å². The number of rotatable bonds is 3. The van der Waals surface area contributed by atoms with Crippen LogP contribution >= 0.6 is 11.6 Å². The predicted molar refractivity (Wildman–Crippen MR) is 128 cm³/mol. The molecular formula is C26H27ClN4O. The molecule has 1 aliphatic carbocycles. The highest BCUT2D eigenvalue weighted by molar-refractivity contribution is 6.30. The highest BCUT2D eigenvalue weighted by Gasteiger charge is 2.41. The van der Waals surface area contributed by atoms with E-state index in [-0.39, 0.29) is 17.2 Å². The van der Waals surface area contributed by atoms with Crippen molar-refractivity contribution in [3.8, 4) is 11.4 Å². The summed E-state index contributed by atoms with van der Waals surface area (Å²) < 4.78 is 1.86. The summed E-state index contributed by atoms with van der Waals surface area (Å²) in [7, 11) is 0. The number of halogens is 1. The van der Waals surface area contributed by atoms with E-state index >= 15 is 0 Å². The monoisotopic (exact) mass is 446 g/mol. The van der Waals surface area contributed by atoms with Gasteiger partial charge in [0.25, 0.3) is 0 Å². The summed E-state index contributed by atoms with van der Waals surface area (Å²) in [6, 6.07) is 15.7. The fourth-order valence-corrected chi connectivity index (χ4v) is 4.83. The molecule has 1 aromatic heterocycles. The van der Waals surface area contributed by atoms with E-state index < -0.39 is 0 Å². The molecule has 0 bridgehead atoms. The van der Waals surface area contributed by atoms with Gasteiger partial charge in [-0.3, -0.25) is 4.79 Å². The number of allylic oxidation sites excluding steroid dienone is 2. The number of hydrogen-bond acceptors (Lipinski definition) is 4. The number of Topliss-reactive ketones (excluding diaryl/α,β-unsaturated/α-hetero) is 1. The second-order valence-corrected chi connectivity index (χ2v) is 10.3. The van der Waals surface area contributed by atoms with Crippen LogP contribution in [0.1, 0.15) is 63.6 Å². The lowest BCUT2D eigenvalue weighted by atomic mass is 9.73. The summed E-state index contributed by atoms with van der Waals surface area (Å²) in [6.07, 6.45) is 1.33. The highest BCUT2D eigenvalue weighted by atomic mass is 35.5. The fourth-order valence-electron chi connectivity index (χ4n) is 4.70. The van der Waals surface area contributed by atoms with Crippen molar-refractivity contribution < 1.29 is 4.79 Å². The Morgan fingerprint density at radius 3 is 2.41 bits per heavy atom. The SMILES string of the molecule is CC(C)c1ccc(C2C3=C(CC(C)(C)CC3=O)Nc3nc(-c4ccc(Cl)cc4)nn32)cc1. The maximum Gasteiger partial charge on any atom is 0.226 e. The van der Waals surface area contributed by atoms with E-state index in [1.54, 1.807) is 0 Å². The van der Waals surface area contributed by atoms with E-state index in [2.05, 4.69) is 57.3 Å². The highest BCUT2D eigenvalue weighted by Crippen LogP contribution is 2.45. The molecule has 0 saturated carbocycles. The Balaban J connectivity index is 1.65. The van der Waals surface area contributed by atoms with Gasteiger partial charge in [-0.05, 0) is 53.1 Å². The van der Waals surface area contributed by atoms with Crippen molar-refractivity contribution >= 4 is 23.3 Å². The van der Waals surface area contributed by atoms with Crippen molar-refractivity contribution in [1.29, 1.82) is 0 Å². The van der Waals surface area contributed by atoms with Crippen LogP contribution in [0.3, 0.4) is 0 Å². The van der Waals surface area contributed by atoms with Crippen molar-refractivity contribution in [2.45, 2.75) is 52.5 Å². The zero-order chi connectivity index (χ0) is 22.6. The van der Waals surface area contributed by atoms with Crippen LogP contribution in [0.15, 0.2) is 59.8 Å². The normalized spacial score (nSPS) is 19.6. The van der Waals surface area contributed by atoms with Crippen LogP contribution in [0.2, 0.25) is 5.02 Å². The fraction of sp³-hybridized carbons (Fsp3) is 0.346. The Bertz CT molecular complexity index is 1220. The third-order valence-electron chi connectivity index (χ3n) is 6.35. The van der Waals surface area contributed by atoms with Gasteiger partial charge >= 0.3 is 0 Å². The molecule has 2 aromatic carbocycles. The third kappa shape index (κ3) is 3.65. The van der Waals surface area contributed by atoms with Crippen molar-refractivity contribution in [2.24, 2.45) is 5.41 Å². The second-order valence-electron chi connectivity index (χ2n) is 9.89. The largest absolute Gasteiger partial charge is 0.328 e. The minimum absolute atomic E-state index is 0.0871. The number of carbonyl (C=O) groups excluding carboxylic acids is 1. The molecule has 6 heteroatoms. The molecular weight excluding hydrogens is 420 g/mol. The lowest BCUT2D eigenvalue weighted by molar-refractivity contribution is -0.118. The van der Waals surface area contributed by atoms with Crippen molar-refractivity contribution in [2.75, 3.05) is 5.32 Å². The number of aromatic nitrogens is 3. The van der Waals surface area contributed by atoms with Crippen LogP contribution in [0.25, 0.3) is 11.4 Å². The Labute approximate surface area is 193 Å². The zero-order valence-corrected chi connectivity index (χ0v) is 19.6. The topological polar surface area (TPSA) is 59.8 Å². The first-order valence-corrected chi connectivity index (χ1v) is 11.5. The molecule has 3 aromatic rings. The molecule has 1 unspecified atom stereocenters. The Kier molecular flexibility index (Phi) is 4.97. The molecule has 5 nitrogen and oxygen atoms in total. The minimum atomic E-state index is -0.292. The molecule has 1 aliphatic heterocycles. The van der Waals surface area contributed by atoms with E-state index in [1.165, 1.54) is 5.56 Å². The first-order valence-electron chi connectivity index (χ1n) is 11.1. The zero-order valence-electron chi connectivity index (χ0n) is 18.8. The molecule has 2 heterocycles. The molecule has 0 spiro atoms. The van der Waals surface area contributed by atoms with Crippen LogP contribution in [-0.4, -0.2) is 20.5 Å². The maximum atomic E-state index is 13.4. The molecule has 1 N–H and O–H groups in total. The van der Waals surface area contributed by atoms with Crippen LogP contribution in [0.4, 0.5) is 5.95 Å². The molecule has 2 aliphatic rings. The van der Waals surface area contributed by atoms with Crippen LogP contribution < -0.4 is 5.32 Å². The Hall–Kier alpha value is -2.92. The summed E-state index contributed by atoms with van der Waals surface area (Å²) in [5.74, 6) is 1.90. The average Bonchev–Trinajstić information content (AvgIpc) is 3.15. The second kappa shape index (κ2) is 7.59. The standard InChI is InChI=1S/C26H27ClN4O/c1-15(2)16-5-7-17(8-6-16)23-22-20(13-26(3,4)14-21(22)32)28-25-29-24(30-31(23)25)18-9-11-19(27)12-10-18/h5-12,15,23H,13-14H2,1-4H3,(H,28,29,30). The number of carbonyl (C=O) groups is 1. The number of anilines is 1. The molecule has 164 valence electrons.